The van der Waals surface area contributed by atoms with Gasteiger partial charge in [-0.25, -0.2) is 4.98 Å². The highest BCUT2D eigenvalue weighted by atomic mass is 32.2. The van der Waals surface area contributed by atoms with Crippen molar-refractivity contribution >= 4 is 23.1 Å². The fraction of sp³-hybridized carbons (Fsp3) is 0.227. The van der Waals surface area contributed by atoms with Crippen LogP contribution >= 0.6 is 23.1 Å². The lowest BCUT2D eigenvalue weighted by Gasteiger charge is -2.10. The number of aromatic nitrogens is 4. The van der Waals surface area contributed by atoms with E-state index in [0.29, 0.717) is 5.92 Å². The molecule has 2 aromatic carbocycles. The lowest BCUT2D eigenvalue weighted by molar-refractivity contribution is 0.412. The van der Waals surface area contributed by atoms with Crippen LogP contribution in [0, 0.1) is 0 Å². The number of hydrogen-bond acceptors (Lipinski definition) is 6. The van der Waals surface area contributed by atoms with E-state index >= 15 is 0 Å². The Morgan fingerprint density at radius 1 is 1.10 bits per heavy atom. The molecule has 0 radical (unpaired) electrons. The van der Waals surface area contributed by atoms with Gasteiger partial charge in [0.15, 0.2) is 5.16 Å². The highest BCUT2D eigenvalue weighted by Crippen LogP contribution is 2.30. The smallest absolute Gasteiger partial charge is 0.196 e. The van der Waals surface area contributed by atoms with Gasteiger partial charge < -0.3 is 4.74 Å². The van der Waals surface area contributed by atoms with E-state index in [9.17, 15) is 0 Å². The zero-order chi connectivity index (χ0) is 20.2. The van der Waals surface area contributed by atoms with Crippen LogP contribution in [0.5, 0.6) is 5.75 Å². The third-order valence-electron chi connectivity index (χ3n) is 4.59. The molecule has 2 aromatic heterocycles. The second-order valence-electron chi connectivity index (χ2n) is 6.86. The Labute approximate surface area is 178 Å². The zero-order valence-corrected chi connectivity index (χ0v) is 18.2. The lowest BCUT2D eigenvalue weighted by atomic mass is 10.0. The van der Waals surface area contributed by atoms with Gasteiger partial charge in [-0.3, -0.25) is 4.57 Å². The maximum atomic E-state index is 5.47. The summed E-state index contributed by atoms with van der Waals surface area (Å²) >= 11 is 3.29. The number of benzene rings is 2. The van der Waals surface area contributed by atoms with Crippen LogP contribution in [0.1, 0.15) is 31.0 Å². The van der Waals surface area contributed by atoms with E-state index in [-0.39, 0.29) is 0 Å². The summed E-state index contributed by atoms with van der Waals surface area (Å²) in [6.45, 7) is 4.41. The molecule has 0 aliphatic carbocycles. The van der Waals surface area contributed by atoms with Crippen LogP contribution in [-0.4, -0.2) is 26.9 Å². The molecule has 0 spiro atoms. The number of rotatable bonds is 7. The highest BCUT2D eigenvalue weighted by molar-refractivity contribution is 7.98. The third-order valence-corrected chi connectivity index (χ3v) is 6.50. The fourth-order valence-corrected chi connectivity index (χ4v) is 4.72. The van der Waals surface area contributed by atoms with Gasteiger partial charge >= 0.3 is 0 Å². The van der Waals surface area contributed by atoms with Crippen LogP contribution in [0.15, 0.2) is 65.4 Å². The summed E-state index contributed by atoms with van der Waals surface area (Å²) in [7, 11) is 1.67. The van der Waals surface area contributed by atoms with Gasteiger partial charge in [-0.05, 0) is 23.6 Å². The Kier molecular flexibility index (Phi) is 5.97. The first-order valence-corrected chi connectivity index (χ1v) is 11.2. The summed E-state index contributed by atoms with van der Waals surface area (Å²) in [6.07, 6.45) is 1.71. The Morgan fingerprint density at radius 2 is 1.90 bits per heavy atom. The number of hydrogen-bond donors (Lipinski definition) is 0. The largest absolute Gasteiger partial charge is 0.495 e. The van der Waals surface area contributed by atoms with Crippen molar-refractivity contribution in [3.8, 4) is 22.0 Å². The van der Waals surface area contributed by atoms with E-state index in [1.807, 2.05) is 28.8 Å². The maximum Gasteiger partial charge on any atom is 0.196 e. The molecule has 2 heterocycles. The SMILES string of the molecule is COc1ccccc1-n1cnnc1SCc1csc(-c2ccc(C(C)C)cc2)n1. The van der Waals surface area contributed by atoms with E-state index in [1.54, 1.807) is 36.5 Å². The van der Waals surface area contributed by atoms with Crippen LogP contribution in [0.4, 0.5) is 0 Å². The summed E-state index contributed by atoms with van der Waals surface area (Å²) in [5.41, 5.74) is 4.47. The number of ether oxygens (including phenoxy) is 1. The summed E-state index contributed by atoms with van der Waals surface area (Å²) in [4.78, 5) is 4.81. The number of thiazole rings is 1. The number of thioether (sulfide) groups is 1. The van der Waals surface area contributed by atoms with Crippen LogP contribution in [0.3, 0.4) is 0 Å². The molecule has 0 amide bonds. The normalized spacial score (nSPS) is 11.2. The molecule has 0 saturated carbocycles. The van der Waals surface area contributed by atoms with Crippen LogP contribution < -0.4 is 4.74 Å². The molecule has 29 heavy (non-hydrogen) atoms. The van der Waals surface area contributed by atoms with Gasteiger partial charge in [0, 0.05) is 16.7 Å². The average Bonchev–Trinajstić information content (AvgIpc) is 3.41. The molecule has 0 unspecified atom stereocenters. The second-order valence-corrected chi connectivity index (χ2v) is 8.67. The van der Waals surface area contributed by atoms with E-state index in [1.165, 1.54) is 5.56 Å². The Bertz CT molecular complexity index is 1090. The Hall–Kier alpha value is -2.64. The fourth-order valence-electron chi connectivity index (χ4n) is 2.97. The molecule has 4 rings (SSSR count). The van der Waals surface area contributed by atoms with Gasteiger partial charge in [0.25, 0.3) is 0 Å². The molecule has 0 aliphatic heterocycles. The number of nitrogens with zero attached hydrogens (tertiary/aromatic N) is 4. The van der Waals surface area contributed by atoms with Crippen molar-refractivity contribution in [1.82, 2.24) is 19.7 Å². The predicted octanol–water partition coefficient (Wildman–Crippen LogP) is 5.82. The van der Waals surface area contributed by atoms with Gasteiger partial charge in [0.2, 0.25) is 0 Å². The van der Waals surface area contributed by atoms with E-state index in [4.69, 9.17) is 9.72 Å². The molecule has 0 atom stereocenters. The minimum absolute atomic E-state index is 0.535. The third kappa shape index (κ3) is 4.36. The van der Waals surface area contributed by atoms with Crippen molar-refractivity contribution in [3.63, 3.8) is 0 Å². The lowest BCUT2D eigenvalue weighted by Crippen LogP contribution is -1.98. The molecule has 4 aromatic rings. The molecule has 5 nitrogen and oxygen atoms in total. The molecular weight excluding hydrogens is 400 g/mol. The van der Waals surface area contributed by atoms with E-state index < -0.39 is 0 Å². The number of methoxy groups -OCH3 is 1. The van der Waals surface area contributed by atoms with Crippen molar-refractivity contribution in [3.05, 3.63) is 71.5 Å². The van der Waals surface area contributed by atoms with Crippen molar-refractivity contribution in [1.29, 1.82) is 0 Å². The van der Waals surface area contributed by atoms with Gasteiger partial charge in [-0.1, -0.05) is 62.0 Å². The first-order valence-electron chi connectivity index (χ1n) is 9.36. The molecular formula is C22H22N4OS2. The molecule has 0 N–H and O–H groups in total. The van der Waals surface area contributed by atoms with Gasteiger partial charge in [-0.15, -0.1) is 21.5 Å². The first kappa shape index (κ1) is 19.7. The summed E-state index contributed by atoms with van der Waals surface area (Å²) in [6, 6.07) is 16.5. The Morgan fingerprint density at radius 3 is 2.66 bits per heavy atom. The summed E-state index contributed by atoms with van der Waals surface area (Å²) in [5.74, 6) is 2.05. The molecule has 148 valence electrons. The van der Waals surface area contributed by atoms with Crippen LogP contribution in [-0.2, 0) is 5.75 Å². The van der Waals surface area contributed by atoms with E-state index in [0.717, 1.165) is 38.6 Å². The van der Waals surface area contributed by atoms with Gasteiger partial charge in [0.05, 0.1) is 18.5 Å². The first-order chi connectivity index (χ1) is 14.2. The van der Waals surface area contributed by atoms with Gasteiger partial charge in [-0.2, -0.15) is 0 Å². The van der Waals surface area contributed by atoms with Crippen molar-refractivity contribution in [2.24, 2.45) is 0 Å². The highest BCUT2D eigenvalue weighted by Gasteiger charge is 2.13. The Balaban J connectivity index is 1.48. The molecule has 0 aliphatic rings. The summed E-state index contributed by atoms with van der Waals surface area (Å²) < 4.78 is 7.41. The van der Waals surface area contributed by atoms with Gasteiger partial charge in [0.1, 0.15) is 17.1 Å². The van der Waals surface area contributed by atoms with Crippen molar-refractivity contribution in [2.75, 3.05) is 7.11 Å². The monoisotopic (exact) mass is 422 g/mol. The second kappa shape index (κ2) is 8.80. The van der Waals surface area contributed by atoms with E-state index in [2.05, 4.69) is 53.7 Å². The predicted molar refractivity (Wildman–Crippen MR) is 119 cm³/mol. The molecule has 7 heteroatoms. The topological polar surface area (TPSA) is 52.8 Å². The number of para-hydroxylation sites is 2. The van der Waals surface area contributed by atoms with Crippen LogP contribution in [0.2, 0.25) is 0 Å². The average molecular weight is 423 g/mol. The quantitative estimate of drug-likeness (QED) is 0.352. The summed E-state index contributed by atoms with van der Waals surface area (Å²) in [5, 5.41) is 12.3. The molecule has 0 fully saturated rings. The van der Waals surface area contributed by atoms with Crippen LogP contribution in [0.25, 0.3) is 16.3 Å². The van der Waals surface area contributed by atoms with Crippen molar-refractivity contribution in [2.45, 2.75) is 30.7 Å². The van der Waals surface area contributed by atoms with Crippen molar-refractivity contribution < 1.29 is 4.74 Å². The minimum Gasteiger partial charge on any atom is -0.495 e. The minimum atomic E-state index is 0.535. The molecule has 0 saturated heterocycles. The molecule has 0 bridgehead atoms. The zero-order valence-electron chi connectivity index (χ0n) is 16.6. The standard InChI is InChI=1S/C22H22N4OS2/c1-15(2)16-8-10-17(11-9-16)21-24-18(12-28-21)13-29-22-25-23-14-26(22)19-6-4-5-7-20(19)27-3/h4-12,14-15H,13H2,1-3H3. The maximum absolute atomic E-state index is 5.47.